The molecule has 3 nitrogen and oxygen atoms in total. The number of carbonyl (C=O) groups is 1. The van der Waals surface area contributed by atoms with Gasteiger partial charge in [0.2, 0.25) is 5.91 Å². The number of anilines is 1. The summed E-state index contributed by atoms with van der Waals surface area (Å²) in [5.41, 5.74) is 0.351. The second kappa shape index (κ2) is 7.92. The summed E-state index contributed by atoms with van der Waals surface area (Å²) < 4.78 is 44.4. The van der Waals surface area contributed by atoms with Gasteiger partial charge in [0.25, 0.3) is 0 Å². The highest BCUT2D eigenvalue weighted by Gasteiger charge is 2.10. The van der Waals surface area contributed by atoms with Gasteiger partial charge in [0, 0.05) is 11.0 Å². The van der Waals surface area contributed by atoms with Gasteiger partial charge in [-0.15, -0.1) is 11.8 Å². The molecule has 0 aromatic heterocycles. The number of benzene rings is 2. The van der Waals surface area contributed by atoms with Crippen molar-refractivity contribution in [2.45, 2.75) is 11.8 Å². The quantitative estimate of drug-likeness (QED) is 0.799. The summed E-state index contributed by atoms with van der Waals surface area (Å²) in [5, 5.41) is 2.60. The molecule has 1 amide bonds. The lowest BCUT2D eigenvalue weighted by Crippen LogP contribution is -2.15. The fourth-order valence-corrected chi connectivity index (χ4v) is 2.50. The van der Waals surface area contributed by atoms with Crippen LogP contribution in [0.5, 0.6) is 5.75 Å². The molecule has 7 heteroatoms. The van der Waals surface area contributed by atoms with E-state index in [2.05, 4.69) is 5.32 Å². The van der Waals surface area contributed by atoms with Crippen LogP contribution in [0.4, 0.5) is 18.9 Å². The van der Waals surface area contributed by atoms with E-state index in [0.29, 0.717) is 17.2 Å². The number of nitrogens with one attached hydrogen (secondary N) is 1. The topological polar surface area (TPSA) is 38.3 Å². The van der Waals surface area contributed by atoms with E-state index in [1.807, 2.05) is 0 Å². The molecular formula is C16H14F3NO2S. The SMILES string of the molecule is CCOc1cc(F)ccc1NC(=O)CSc1ccc(F)c(F)c1. The Morgan fingerprint density at radius 1 is 1.13 bits per heavy atom. The van der Waals surface area contributed by atoms with Crippen molar-refractivity contribution in [2.24, 2.45) is 0 Å². The highest BCUT2D eigenvalue weighted by atomic mass is 32.2. The number of amides is 1. The first-order valence-corrected chi connectivity index (χ1v) is 7.78. The lowest BCUT2D eigenvalue weighted by molar-refractivity contribution is -0.113. The lowest BCUT2D eigenvalue weighted by Gasteiger charge is -2.11. The molecule has 23 heavy (non-hydrogen) atoms. The molecule has 0 saturated heterocycles. The number of halogens is 3. The average Bonchev–Trinajstić information content (AvgIpc) is 2.51. The molecular weight excluding hydrogens is 327 g/mol. The third-order valence-corrected chi connectivity index (χ3v) is 3.77. The summed E-state index contributed by atoms with van der Waals surface area (Å²) >= 11 is 1.06. The molecule has 2 rings (SSSR count). The molecule has 0 aliphatic rings. The molecule has 0 heterocycles. The van der Waals surface area contributed by atoms with Gasteiger partial charge in [-0.1, -0.05) is 0 Å². The van der Waals surface area contributed by atoms with Gasteiger partial charge >= 0.3 is 0 Å². The summed E-state index contributed by atoms with van der Waals surface area (Å²) in [5.74, 6) is -2.51. The van der Waals surface area contributed by atoms with Gasteiger partial charge in [-0.3, -0.25) is 4.79 Å². The fourth-order valence-electron chi connectivity index (χ4n) is 1.78. The van der Waals surface area contributed by atoms with E-state index in [4.69, 9.17) is 4.74 Å². The minimum Gasteiger partial charge on any atom is -0.492 e. The predicted molar refractivity (Wildman–Crippen MR) is 83.3 cm³/mol. The zero-order chi connectivity index (χ0) is 16.8. The summed E-state index contributed by atoms with van der Waals surface area (Å²) in [6.45, 7) is 2.07. The molecule has 0 spiro atoms. The Bertz CT molecular complexity index is 710. The predicted octanol–water partition coefficient (Wildman–Crippen LogP) is 4.23. The molecule has 0 radical (unpaired) electrons. The second-order valence-electron chi connectivity index (χ2n) is 4.49. The van der Waals surface area contributed by atoms with E-state index in [-0.39, 0.29) is 17.4 Å². The van der Waals surface area contributed by atoms with Crippen LogP contribution in [-0.4, -0.2) is 18.3 Å². The van der Waals surface area contributed by atoms with Crippen molar-refractivity contribution in [3.63, 3.8) is 0 Å². The Hall–Kier alpha value is -2.15. The van der Waals surface area contributed by atoms with Gasteiger partial charge in [0.1, 0.15) is 11.6 Å². The van der Waals surface area contributed by atoms with Crippen molar-refractivity contribution in [1.82, 2.24) is 0 Å². The zero-order valence-corrected chi connectivity index (χ0v) is 13.1. The van der Waals surface area contributed by atoms with E-state index < -0.39 is 17.5 Å². The van der Waals surface area contributed by atoms with E-state index in [9.17, 15) is 18.0 Å². The number of rotatable bonds is 6. The van der Waals surface area contributed by atoms with Crippen LogP contribution in [0.15, 0.2) is 41.3 Å². The highest BCUT2D eigenvalue weighted by molar-refractivity contribution is 8.00. The normalized spacial score (nSPS) is 10.4. The maximum absolute atomic E-state index is 13.2. The maximum atomic E-state index is 13.2. The number of thioether (sulfide) groups is 1. The maximum Gasteiger partial charge on any atom is 0.234 e. The van der Waals surface area contributed by atoms with Gasteiger partial charge in [-0.2, -0.15) is 0 Å². The van der Waals surface area contributed by atoms with E-state index in [0.717, 1.165) is 23.9 Å². The summed E-state index contributed by atoms with van der Waals surface area (Å²) in [6, 6.07) is 7.21. The van der Waals surface area contributed by atoms with E-state index in [1.54, 1.807) is 6.92 Å². The van der Waals surface area contributed by atoms with Crippen molar-refractivity contribution in [3.05, 3.63) is 53.8 Å². The summed E-state index contributed by atoms with van der Waals surface area (Å²) in [4.78, 5) is 12.4. The van der Waals surface area contributed by atoms with Crippen molar-refractivity contribution < 1.29 is 22.7 Å². The third kappa shape index (κ3) is 4.92. The van der Waals surface area contributed by atoms with Crippen molar-refractivity contribution >= 4 is 23.4 Å². The minimum absolute atomic E-state index is 0.00594. The number of hydrogen-bond donors (Lipinski definition) is 1. The number of hydrogen-bond acceptors (Lipinski definition) is 3. The molecule has 0 saturated carbocycles. The van der Waals surface area contributed by atoms with Crippen LogP contribution >= 0.6 is 11.8 Å². The summed E-state index contributed by atoms with van der Waals surface area (Å²) in [6.07, 6.45) is 0. The summed E-state index contributed by atoms with van der Waals surface area (Å²) in [7, 11) is 0. The Balaban J connectivity index is 1.98. The monoisotopic (exact) mass is 341 g/mol. The highest BCUT2D eigenvalue weighted by Crippen LogP contribution is 2.26. The van der Waals surface area contributed by atoms with Crippen LogP contribution in [0.2, 0.25) is 0 Å². The molecule has 122 valence electrons. The van der Waals surface area contributed by atoms with Gasteiger partial charge in [0.15, 0.2) is 11.6 Å². The van der Waals surface area contributed by atoms with Crippen molar-refractivity contribution in [1.29, 1.82) is 0 Å². The lowest BCUT2D eigenvalue weighted by atomic mass is 10.3. The van der Waals surface area contributed by atoms with Crippen LogP contribution in [-0.2, 0) is 4.79 Å². The molecule has 1 N–H and O–H groups in total. The van der Waals surface area contributed by atoms with Crippen LogP contribution in [0, 0.1) is 17.5 Å². The molecule has 2 aromatic rings. The van der Waals surface area contributed by atoms with Crippen LogP contribution < -0.4 is 10.1 Å². The first-order valence-electron chi connectivity index (χ1n) is 6.79. The van der Waals surface area contributed by atoms with Crippen molar-refractivity contribution in [2.75, 3.05) is 17.7 Å². The largest absolute Gasteiger partial charge is 0.492 e. The van der Waals surface area contributed by atoms with Gasteiger partial charge in [0.05, 0.1) is 18.0 Å². The minimum atomic E-state index is -0.965. The first kappa shape index (κ1) is 17.2. The Morgan fingerprint density at radius 2 is 1.91 bits per heavy atom. The molecule has 0 aliphatic heterocycles. The third-order valence-electron chi connectivity index (χ3n) is 2.78. The van der Waals surface area contributed by atoms with Crippen molar-refractivity contribution in [3.8, 4) is 5.75 Å². The van der Waals surface area contributed by atoms with Crippen LogP contribution in [0.3, 0.4) is 0 Å². The van der Waals surface area contributed by atoms with Gasteiger partial charge < -0.3 is 10.1 Å². The van der Waals surface area contributed by atoms with E-state index in [1.165, 1.54) is 24.3 Å². The smallest absolute Gasteiger partial charge is 0.234 e. The van der Waals surface area contributed by atoms with Gasteiger partial charge in [-0.05, 0) is 37.3 Å². The van der Waals surface area contributed by atoms with Crippen LogP contribution in [0.1, 0.15) is 6.92 Å². The Morgan fingerprint density at radius 3 is 2.61 bits per heavy atom. The Kier molecular flexibility index (Phi) is 5.92. The molecule has 2 aromatic carbocycles. The van der Waals surface area contributed by atoms with Crippen LogP contribution in [0.25, 0.3) is 0 Å². The van der Waals surface area contributed by atoms with Gasteiger partial charge in [-0.25, -0.2) is 13.2 Å². The number of carbonyl (C=O) groups excluding carboxylic acids is 1. The molecule has 0 aliphatic carbocycles. The number of ether oxygens (including phenoxy) is 1. The first-order chi connectivity index (χ1) is 11.0. The molecule has 0 bridgehead atoms. The zero-order valence-electron chi connectivity index (χ0n) is 12.2. The molecule has 0 atom stereocenters. The second-order valence-corrected chi connectivity index (χ2v) is 5.54. The standard InChI is InChI=1S/C16H14F3NO2S/c1-2-22-15-7-10(17)3-6-14(15)20-16(21)9-23-11-4-5-12(18)13(19)8-11/h3-8H,2,9H2,1H3,(H,20,21). The average molecular weight is 341 g/mol. The molecule has 0 fully saturated rings. The fraction of sp³-hybridized carbons (Fsp3) is 0.188. The molecule has 0 unspecified atom stereocenters. The Labute approximate surface area is 135 Å². The van der Waals surface area contributed by atoms with E-state index >= 15 is 0 Å².